The van der Waals surface area contributed by atoms with Crippen LogP contribution in [-0.2, 0) is 23.9 Å². The summed E-state index contributed by atoms with van der Waals surface area (Å²) < 4.78 is 20.1. The number of phenols is 1. The molecule has 2 fully saturated rings. The Morgan fingerprint density at radius 2 is 1.64 bits per heavy atom. The second-order valence-electron chi connectivity index (χ2n) is 11.2. The van der Waals surface area contributed by atoms with Gasteiger partial charge in [-0.1, -0.05) is 17.7 Å². The predicted octanol–water partition coefficient (Wildman–Crippen LogP) is 4.33. The second kappa shape index (κ2) is 10.1. The first-order valence-corrected chi connectivity index (χ1v) is 14.7. The van der Waals surface area contributed by atoms with Crippen molar-refractivity contribution in [3.63, 3.8) is 0 Å². The van der Waals surface area contributed by atoms with Crippen molar-refractivity contribution in [2.75, 3.05) is 36.1 Å². The highest BCUT2D eigenvalue weighted by Crippen LogP contribution is 2.55. The van der Waals surface area contributed by atoms with Crippen LogP contribution in [0.15, 0.2) is 75.8 Å². The Kier molecular flexibility index (Phi) is 6.51. The van der Waals surface area contributed by atoms with Gasteiger partial charge in [-0.2, -0.15) is 0 Å². The normalized spacial score (nSPS) is 27.5. The van der Waals surface area contributed by atoms with Gasteiger partial charge in [-0.05, 0) is 76.7 Å². The lowest BCUT2D eigenvalue weighted by Gasteiger charge is -2.42. The van der Waals surface area contributed by atoms with Crippen molar-refractivity contribution in [2.24, 2.45) is 17.8 Å². The van der Waals surface area contributed by atoms with Gasteiger partial charge in [0.2, 0.25) is 11.8 Å². The van der Waals surface area contributed by atoms with Crippen LogP contribution in [-0.4, -0.2) is 54.8 Å². The molecule has 2 aromatic rings. The number of ketones is 2. The maximum absolute atomic E-state index is 14.6. The van der Waals surface area contributed by atoms with Crippen LogP contribution in [0.2, 0.25) is 0 Å². The number of benzene rings is 2. The van der Waals surface area contributed by atoms with Gasteiger partial charge in [0.1, 0.15) is 0 Å². The Bertz CT molecular complexity index is 1660. The van der Waals surface area contributed by atoms with Gasteiger partial charge < -0.3 is 14.7 Å². The van der Waals surface area contributed by atoms with Crippen molar-refractivity contribution in [2.45, 2.75) is 18.8 Å². The summed E-state index contributed by atoms with van der Waals surface area (Å²) in [5, 5.41) is 9.82. The molecule has 4 unspecified atom stereocenters. The van der Waals surface area contributed by atoms with Crippen LogP contribution in [0, 0.1) is 23.6 Å². The topological polar surface area (TPSA) is 104 Å². The van der Waals surface area contributed by atoms with Gasteiger partial charge in [0.25, 0.3) is 0 Å². The number of rotatable bonds is 3. The Balaban J connectivity index is 1.27. The van der Waals surface area contributed by atoms with Gasteiger partial charge >= 0.3 is 0 Å². The van der Waals surface area contributed by atoms with Gasteiger partial charge in [0.05, 0.1) is 35.2 Å². The van der Waals surface area contributed by atoms with E-state index < -0.39 is 35.2 Å². The number of carbonyl (C=O) groups is 4. The monoisotopic (exact) mass is 632 g/mol. The van der Waals surface area contributed by atoms with E-state index in [-0.39, 0.29) is 51.9 Å². The first-order valence-electron chi connectivity index (χ1n) is 13.9. The first kappa shape index (κ1) is 27.0. The molecular weight excluding hydrogens is 607 g/mol. The molecular formula is C32H26BrFN2O6. The van der Waals surface area contributed by atoms with Crippen molar-refractivity contribution in [1.82, 2.24) is 0 Å². The molecule has 2 aromatic carbocycles. The van der Waals surface area contributed by atoms with E-state index in [9.17, 15) is 28.7 Å². The molecule has 0 aromatic heterocycles. The molecule has 2 aliphatic heterocycles. The lowest BCUT2D eigenvalue weighted by Crippen LogP contribution is -2.39. The number of morpholine rings is 1. The van der Waals surface area contributed by atoms with E-state index in [2.05, 4.69) is 20.8 Å². The summed E-state index contributed by atoms with van der Waals surface area (Å²) in [5.74, 6) is -5.41. The van der Waals surface area contributed by atoms with Crippen LogP contribution in [0.25, 0.3) is 0 Å². The van der Waals surface area contributed by atoms with Crippen LogP contribution < -0.4 is 9.80 Å². The van der Waals surface area contributed by atoms with E-state index >= 15 is 0 Å². The summed E-state index contributed by atoms with van der Waals surface area (Å²) in [4.78, 5) is 57.8. The standard InChI is InChI=1S/C32H26BrFN2O6/c33-23-15-26(38)29-22(30(23)39)14-21-19(27(29)16-1-8-25(37)24(34)13-16)6-7-20-28(21)32(41)36(31(20)40)18-4-2-17(3-5-18)35-9-11-42-12-10-35/h1-6,8,13,15,20-21,27-28,37H,7,9-12,14H2. The molecule has 2 saturated heterocycles. The number of halogens is 2. The van der Waals surface area contributed by atoms with E-state index in [1.807, 2.05) is 18.2 Å². The molecule has 5 aliphatic rings. The van der Waals surface area contributed by atoms with Crippen molar-refractivity contribution >= 4 is 50.7 Å². The molecule has 42 heavy (non-hydrogen) atoms. The van der Waals surface area contributed by atoms with Gasteiger partial charge in [0, 0.05) is 41.9 Å². The van der Waals surface area contributed by atoms with Crippen molar-refractivity contribution in [3.8, 4) is 5.75 Å². The molecule has 3 aliphatic carbocycles. The molecule has 214 valence electrons. The summed E-state index contributed by atoms with van der Waals surface area (Å²) in [5.41, 5.74) is 3.11. The number of hydrogen-bond acceptors (Lipinski definition) is 7. The molecule has 2 amide bonds. The number of hydrogen-bond donors (Lipinski definition) is 1. The van der Waals surface area contributed by atoms with Crippen LogP contribution in [0.1, 0.15) is 24.3 Å². The van der Waals surface area contributed by atoms with E-state index in [4.69, 9.17) is 4.74 Å². The minimum atomic E-state index is -0.851. The highest BCUT2D eigenvalue weighted by molar-refractivity contribution is 9.12. The molecule has 0 saturated carbocycles. The number of amides is 2. The Morgan fingerprint density at radius 3 is 2.36 bits per heavy atom. The largest absolute Gasteiger partial charge is 0.505 e. The van der Waals surface area contributed by atoms with E-state index in [0.29, 0.717) is 24.5 Å². The molecule has 8 nitrogen and oxygen atoms in total. The summed E-state index contributed by atoms with van der Waals surface area (Å²) in [6.07, 6.45) is 3.51. The minimum absolute atomic E-state index is 0.121. The van der Waals surface area contributed by atoms with E-state index in [1.165, 1.54) is 23.1 Å². The zero-order valence-corrected chi connectivity index (χ0v) is 24.0. The summed E-state index contributed by atoms with van der Waals surface area (Å²) in [7, 11) is 0. The lowest BCUT2D eigenvalue weighted by molar-refractivity contribution is -0.123. The summed E-state index contributed by atoms with van der Waals surface area (Å²) >= 11 is 3.20. The molecule has 7 rings (SSSR count). The summed E-state index contributed by atoms with van der Waals surface area (Å²) in [6, 6.07) is 11.3. The number of carbonyl (C=O) groups excluding carboxylic acids is 4. The third-order valence-electron chi connectivity index (χ3n) is 9.12. The quantitative estimate of drug-likeness (QED) is 0.305. The number of fused-ring (bicyclic) bond motifs is 3. The first-order chi connectivity index (χ1) is 20.2. The van der Waals surface area contributed by atoms with Gasteiger partial charge in [-0.3, -0.25) is 24.1 Å². The zero-order chi connectivity index (χ0) is 29.3. The number of imide groups is 1. The Morgan fingerprint density at radius 1 is 0.929 bits per heavy atom. The average Bonchev–Trinajstić information content (AvgIpc) is 3.26. The molecule has 0 bridgehead atoms. The number of phenolic OH excluding ortho intramolecular Hbond substituents is 1. The third-order valence-corrected chi connectivity index (χ3v) is 9.71. The molecule has 1 N–H and O–H groups in total. The molecule has 2 heterocycles. The smallest absolute Gasteiger partial charge is 0.238 e. The van der Waals surface area contributed by atoms with Crippen molar-refractivity contribution in [1.29, 1.82) is 0 Å². The molecule has 4 atom stereocenters. The second-order valence-corrected chi connectivity index (χ2v) is 12.1. The number of allylic oxidation sites excluding steroid dienone is 6. The zero-order valence-electron chi connectivity index (χ0n) is 22.4. The lowest BCUT2D eigenvalue weighted by atomic mass is 9.59. The molecule has 0 spiro atoms. The van der Waals surface area contributed by atoms with E-state index in [1.54, 1.807) is 12.1 Å². The van der Waals surface area contributed by atoms with Gasteiger partial charge in [-0.25, -0.2) is 4.39 Å². The molecule has 10 heteroatoms. The highest BCUT2D eigenvalue weighted by Gasteiger charge is 2.56. The minimum Gasteiger partial charge on any atom is -0.505 e. The number of Topliss-reactive ketones (excluding diaryl/α,β-unsaturated/α-hetero) is 1. The number of aromatic hydroxyl groups is 1. The van der Waals surface area contributed by atoms with Gasteiger partial charge in [-0.15, -0.1) is 0 Å². The summed E-state index contributed by atoms with van der Waals surface area (Å²) in [6.45, 7) is 2.80. The predicted molar refractivity (Wildman–Crippen MR) is 155 cm³/mol. The number of ether oxygens (including phenoxy) is 1. The average molecular weight is 633 g/mol. The third kappa shape index (κ3) is 4.11. The number of anilines is 2. The maximum Gasteiger partial charge on any atom is 0.238 e. The van der Waals surface area contributed by atoms with Crippen LogP contribution in [0.3, 0.4) is 0 Å². The fraction of sp³-hybridized carbons (Fsp3) is 0.312. The van der Waals surface area contributed by atoms with Crippen LogP contribution in [0.5, 0.6) is 5.75 Å². The van der Waals surface area contributed by atoms with Crippen molar-refractivity contribution in [3.05, 3.63) is 87.2 Å². The van der Waals surface area contributed by atoms with Crippen LogP contribution in [0.4, 0.5) is 15.8 Å². The Labute approximate surface area is 249 Å². The highest BCUT2D eigenvalue weighted by atomic mass is 79.9. The fourth-order valence-electron chi connectivity index (χ4n) is 7.18. The molecule has 0 radical (unpaired) electrons. The van der Waals surface area contributed by atoms with Crippen LogP contribution >= 0.6 is 15.9 Å². The number of nitrogens with zero attached hydrogens (tertiary/aromatic N) is 2. The maximum atomic E-state index is 14.6. The SMILES string of the molecule is O=C1C=C(Br)C(=O)C2=C1C(c1ccc(O)c(F)c1)C1=CCC3C(=O)N(c4ccc(N5CCOCC5)cc4)C(=O)C3C1C2. The Hall–Kier alpha value is -3.89. The van der Waals surface area contributed by atoms with Crippen molar-refractivity contribution < 1.29 is 33.4 Å². The fourth-order valence-corrected chi connectivity index (χ4v) is 7.62. The van der Waals surface area contributed by atoms with Gasteiger partial charge in [0.15, 0.2) is 23.1 Å². The van der Waals surface area contributed by atoms with E-state index in [0.717, 1.165) is 30.4 Å².